The summed E-state index contributed by atoms with van der Waals surface area (Å²) >= 11 is 0. The minimum absolute atomic E-state index is 0.227. The van der Waals surface area contributed by atoms with Crippen molar-refractivity contribution in [2.75, 3.05) is 31.6 Å². The average molecular weight is 244 g/mol. The fourth-order valence-corrected chi connectivity index (χ4v) is 2.11. The van der Waals surface area contributed by atoms with E-state index in [1.54, 1.807) is 18.3 Å². The molecule has 1 aromatic heterocycles. The van der Waals surface area contributed by atoms with Gasteiger partial charge in [0.05, 0.1) is 5.56 Å². The van der Waals surface area contributed by atoms with Gasteiger partial charge in [0.25, 0.3) is 0 Å². The molecule has 1 saturated heterocycles. The topological polar surface area (TPSA) is 60.2 Å². The number of amides is 1. The molecule has 5 heteroatoms. The lowest BCUT2D eigenvalue weighted by Crippen LogP contribution is -2.34. The van der Waals surface area contributed by atoms with E-state index in [9.17, 15) is 4.79 Å². The monoisotopic (exact) mass is 244 g/mol. The van der Waals surface area contributed by atoms with Crippen molar-refractivity contribution in [3.63, 3.8) is 0 Å². The highest BCUT2D eigenvalue weighted by Crippen LogP contribution is 2.15. The van der Waals surface area contributed by atoms with Gasteiger partial charge in [-0.3, -0.25) is 4.79 Å². The van der Waals surface area contributed by atoms with Crippen LogP contribution in [0.3, 0.4) is 0 Å². The highest BCUT2D eigenvalue weighted by atomic mass is 16.2. The first-order valence-corrected chi connectivity index (χ1v) is 6.06. The first-order valence-electron chi connectivity index (χ1n) is 6.06. The summed E-state index contributed by atoms with van der Waals surface area (Å²) < 4.78 is 0. The van der Waals surface area contributed by atoms with Gasteiger partial charge < -0.3 is 9.80 Å². The lowest BCUT2D eigenvalue weighted by atomic mass is 10.2. The lowest BCUT2D eigenvalue weighted by molar-refractivity contribution is -0.127. The summed E-state index contributed by atoms with van der Waals surface area (Å²) in [6.45, 7) is 2.23. The van der Waals surface area contributed by atoms with Crippen molar-refractivity contribution in [1.82, 2.24) is 9.88 Å². The third-order valence-electron chi connectivity index (χ3n) is 3.15. The maximum Gasteiger partial charge on any atom is 0.222 e. The van der Waals surface area contributed by atoms with Crippen LogP contribution in [0, 0.1) is 11.3 Å². The Kier molecular flexibility index (Phi) is 3.78. The number of nitriles is 1. The van der Waals surface area contributed by atoms with E-state index in [4.69, 9.17) is 5.26 Å². The summed E-state index contributed by atoms with van der Waals surface area (Å²) in [5.74, 6) is 0.900. The second-order valence-corrected chi connectivity index (χ2v) is 4.39. The normalized spacial score (nSPS) is 14.7. The number of hydrogen-bond acceptors (Lipinski definition) is 4. The molecule has 0 aromatic carbocycles. The summed E-state index contributed by atoms with van der Waals surface area (Å²) in [6, 6.07) is 5.63. The van der Waals surface area contributed by atoms with Crippen LogP contribution in [0.4, 0.5) is 5.82 Å². The molecule has 1 aliphatic rings. The number of anilines is 1. The number of pyridine rings is 1. The van der Waals surface area contributed by atoms with Gasteiger partial charge in [-0.05, 0) is 18.6 Å². The molecule has 1 amide bonds. The Balaban J connectivity index is 1.97. The summed E-state index contributed by atoms with van der Waals surface area (Å²) in [7, 11) is 1.89. The van der Waals surface area contributed by atoms with Crippen molar-refractivity contribution in [1.29, 1.82) is 5.26 Å². The molecule has 0 spiro atoms. The fraction of sp³-hybridized carbons (Fsp3) is 0.462. The number of nitrogens with zero attached hydrogens (tertiary/aromatic N) is 4. The number of likely N-dealkylation sites (tertiary alicyclic amines) is 1. The number of likely N-dealkylation sites (N-methyl/N-ethyl adjacent to an activating group) is 1. The molecule has 94 valence electrons. The van der Waals surface area contributed by atoms with Gasteiger partial charge in [0.1, 0.15) is 11.9 Å². The number of hydrogen-bond donors (Lipinski definition) is 0. The number of carbonyl (C=O) groups is 1. The summed E-state index contributed by atoms with van der Waals surface area (Å²) in [5.41, 5.74) is 0.563. The highest BCUT2D eigenvalue weighted by molar-refractivity contribution is 5.78. The van der Waals surface area contributed by atoms with Gasteiger partial charge in [-0.1, -0.05) is 0 Å². The quantitative estimate of drug-likeness (QED) is 0.793. The molecule has 2 rings (SSSR count). The maximum atomic E-state index is 11.5. The van der Waals surface area contributed by atoms with Gasteiger partial charge in [-0.25, -0.2) is 4.98 Å². The molecule has 0 bridgehead atoms. The van der Waals surface area contributed by atoms with E-state index in [-0.39, 0.29) is 5.91 Å². The van der Waals surface area contributed by atoms with Gasteiger partial charge in [-0.15, -0.1) is 0 Å². The fourth-order valence-electron chi connectivity index (χ4n) is 2.11. The van der Waals surface area contributed by atoms with E-state index in [0.29, 0.717) is 30.9 Å². The van der Waals surface area contributed by atoms with E-state index >= 15 is 0 Å². The Labute approximate surface area is 107 Å². The largest absolute Gasteiger partial charge is 0.357 e. The molecule has 0 saturated carbocycles. The molecule has 0 aliphatic carbocycles. The zero-order valence-corrected chi connectivity index (χ0v) is 10.5. The Morgan fingerprint density at radius 1 is 1.61 bits per heavy atom. The number of rotatable bonds is 4. The minimum atomic E-state index is 0.227. The minimum Gasteiger partial charge on any atom is -0.357 e. The van der Waals surface area contributed by atoms with Crippen LogP contribution in [-0.4, -0.2) is 42.5 Å². The lowest BCUT2D eigenvalue weighted by Gasteiger charge is -2.23. The van der Waals surface area contributed by atoms with E-state index < -0.39 is 0 Å². The SMILES string of the molecule is CN(CCN1CCCC1=O)c1ncccc1C#N. The first-order chi connectivity index (χ1) is 8.72. The molecule has 1 aromatic rings. The van der Waals surface area contributed by atoms with Crippen LogP contribution in [0.25, 0.3) is 0 Å². The molecule has 1 fully saturated rings. The molecule has 0 N–H and O–H groups in total. The molecule has 18 heavy (non-hydrogen) atoms. The van der Waals surface area contributed by atoms with Gasteiger partial charge in [0.2, 0.25) is 5.91 Å². The van der Waals surface area contributed by atoms with Gasteiger partial charge in [0.15, 0.2) is 0 Å². The second kappa shape index (κ2) is 5.50. The van der Waals surface area contributed by atoms with Crippen molar-refractivity contribution in [3.8, 4) is 6.07 Å². The van der Waals surface area contributed by atoms with E-state index in [1.807, 2.05) is 16.8 Å². The zero-order valence-electron chi connectivity index (χ0n) is 10.5. The molecular formula is C13H16N4O. The van der Waals surface area contributed by atoms with Crippen LogP contribution in [-0.2, 0) is 4.79 Å². The summed E-state index contributed by atoms with van der Waals surface area (Å²) in [6.07, 6.45) is 3.29. The molecule has 0 atom stereocenters. The van der Waals surface area contributed by atoms with Crippen molar-refractivity contribution >= 4 is 11.7 Å². The van der Waals surface area contributed by atoms with E-state index in [2.05, 4.69) is 11.1 Å². The van der Waals surface area contributed by atoms with Crippen molar-refractivity contribution in [2.24, 2.45) is 0 Å². The van der Waals surface area contributed by atoms with Crippen molar-refractivity contribution < 1.29 is 4.79 Å². The van der Waals surface area contributed by atoms with E-state index in [1.165, 1.54) is 0 Å². The summed E-state index contributed by atoms with van der Waals surface area (Å²) in [4.78, 5) is 19.5. The van der Waals surface area contributed by atoms with E-state index in [0.717, 1.165) is 13.0 Å². The van der Waals surface area contributed by atoms with Crippen LogP contribution in [0.5, 0.6) is 0 Å². The molecule has 0 radical (unpaired) electrons. The van der Waals surface area contributed by atoms with Gasteiger partial charge in [0, 0.05) is 39.3 Å². The average Bonchev–Trinajstić information content (AvgIpc) is 2.81. The maximum absolute atomic E-state index is 11.5. The smallest absolute Gasteiger partial charge is 0.222 e. The zero-order chi connectivity index (χ0) is 13.0. The molecule has 2 heterocycles. The third kappa shape index (κ3) is 2.59. The molecule has 1 aliphatic heterocycles. The highest BCUT2D eigenvalue weighted by Gasteiger charge is 2.20. The standard InChI is InChI=1S/C13H16N4O/c1-16(8-9-17-7-3-5-12(17)18)13-11(10-14)4-2-6-15-13/h2,4,6H,3,5,7-9H2,1H3. The molecule has 0 unspecified atom stereocenters. The number of aromatic nitrogens is 1. The van der Waals surface area contributed by atoms with Crippen LogP contribution in [0.2, 0.25) is 0 Å². The Morgan fingerprint density at radius 2 is 2.44 bits per heavy atom. The van der Waals surface area contributed by atoms with Crippen LogP contribution < -0.4 is 4.90 Å². The molecule has 5 nitrogen and oxygen atoms in total. The Bertz CT molecular complexity index is 480. The van der Waals surface area contributed by atoms with Crippen LogP contribution in [0.15, 0.2) is 18.3 Å². The second-order valence-electron chi connectivity index (χ2n) is 4.39. The summed E-state index contributed by atoms with van der Waals surface area (Å²) in [5, 5.41) is 9.01. The first kappa shape index (κ1) is 12.4. The Morgan fingerprint density at radius 3 is 3.11 bits per heavy atom. The molecular weight excluding hydrogens is 228 g/mol. The third-order valence-corrected chi connectivity index (χ3v) is 3.15. The Hall–Kier alpha value is -2.09. The van der Waals surface area contributed by atoms with Crippen molar-refractivity contribution in [2.45, 2.75) is 12.8 Å². The van der Waals surface area contributed by atoms with Crippen molar-refractivity contribution in [3.05, 3.63) is 23.9 Å². The predicted octanol–water partition coefficient (Wildman–Crippen LogP) is 1.01. The van der Waals surface area contributed by atoms with Crippen LogP contribution in [0.1, 0.15) is 18.4 Å². The predicted molar refractivity (Wildman–Crippen MR) is 68.0 cm³/mol. The van der Waals surface area contributed by atoms with Gasteiger partial charge >= 0.3 is 0 Å². The number of carbonyl (C=O) groups excluding carboxylic acids is 1. The van der Waals surface area contributed by atoms with Gasteiger partial charge in [-0.2, -0.15) is 5.26 Å². The van der Waals surface area contributed by atoms with Crippen LogP contribution >= 0.6 is 0 Å².